The molecule has 16 aromatic rings. The van der Waals surface area contributed by atoms with Crippen molar-refractivity contribution in [1.82, 2.24) is 74.6 Å². The third kappa shape index (κ3) is 30.7. The molecular weight excluding hydrogens is 1710 g/mol. The highest BCUT2D eigenvalue weighted by Crippen LogP contribution is 2.36. The number of rotatable bonds is 40. The van der Waals surface area contributed by atoms with E-state index in [1.54, 1.807) is 51.7 Å². The Morgan fingerprint density at radius 1 is 0.336 bits per heavy atom. The fourth-order valence-corrected chi connectivity index (χ4v) is 17.9. The smallest absolute Gasteiger partial charge is 0.128 e. The molecule has 16 rings (SSSR count). The number of aromatic amines is 8. The van der Waals surface area contributed by atoms with Gasteiger partial charge in [-0.1, -0.05) is 87.5 Å². The summed E-state index contributed by atoms with van der Waals surface area (Å²) in [4.78, 5) is 39.9. The number of hydrogen-bond acceptors (Lipinski definition) is 16. The highest BCUT2D eigenvalue weighted by molar-refractivity contribution is 5.94. The van der Waals surface area contributed by atoms with E-state index in [-0.39, 0.29) is 0 Å². The fourth-order valence-electron chi connectivity index (χ4n) is 17.9. The first-order chi connectivity index (χ1) is 66.3. The Labute approximate surface area is 812 Å². The fraction of sp³-hybridized carbons (Fsp3) is 0.381. The lowest BCUT2D eigenvalue weighted by Crippen LogP contribution is -2.38. The Morgan fingerprint density at radius 2 is 0.613 bits per heavy atom. The van der Waals surface area contributed by atoms with Gasteiger partial charge in [0.2, 0.25) is 0 Å². The van der Waals surface area contributed by atoms with Gasteiger partial charge in [-0.15, -0.1) is 19.7 Å². The Bertz CT molecular complexity index is 6250. The van der Waals surface area contributed by atoms with E-state index in [2.05, 4.69) is 202 Å². The minimum absolute atomic E-state index is 0.341. The normalized spacial score (nSPS) is 11.3. The van der Waals surface area contributed by atoms with Gasteiger partial charge in [-0.3, -0.25) is 9.80 Å². The molecular formula is C113H156N16O8. The van der Waals surface area contributed by atoms with E-state index in [4.69, 9.17) is 19.9 Å². The van der Waals surface area contributed by atoms with Crippen LogP contribution < -0.4 is 25.3 Å². The molecule has 0 bridgehead atoms. The van der Waals surface area contributed by atoms with Gasteiger partial charge >= 0.3 is 0 Å². The van der Waals surface area contributed by atoms with Crippen molar-refractivity contribution < 1.29 is 39.7 Å². The van der Waals surface area contributed by atoms with Crippen LogP contribution in [0.2, 0.25) is 0 Å². The molecule has 0 aliphatic heterocycles. The second kappa shape index (κ2) is 56.2. The highest BCUT2D eigenvalue weighted by Gasteiger charge is 2.20. The Morgan fingerprint density at radius 3 is 0.898 bits per heavy atom. The summed E-state index contributed by atoms with van der Waals surface area (Å²) in [6.45, 7) is 44.8. The first-order valence-corrected chi connectivity index (χ1v) is 48.6. The molecule has 0 amide bonds. The molecule has 8 aromatic heterocycles. The molecule has 0 fully saturated rings. The summed E-state index contributed by atoms with van der Waals surface area (Å²) >= 11 is 0. The van der Waals surface area contributed by atoms with Crippen molar-refractivity contribution in [3.05, 3.63) is 278 Å². The van der Waals surface area contributed by atoms with Gasteiger partial charge in [0.05, 0.1) is 21.3 Å². The van der Waals surface area contributed by atoms with Crippen LogP contribution >= 0.6 is 0 Å². The third-order valence-electron chi connectivity index (χ3n) is 24.8. The van der Waals surface area contributed by atoms with Gasteiger partial charge in [-0.25, -0.2) is 0 Å². The van der Waals surface area contributed by atoms with Crippen LogP contribution in [0.15, 0.2) is 233 Å². The number of ether oxygens (including phenoxy) is 3. The predicted molar refractivity (Wildman–Crippen MR) is 576 cm³/mol. The van der Waals surface area contributed by atoms with Gasteiger partial charge < -0.3 is 110 Å². The van der Waals surface area contributed by atoms with Crippen LogP contribution in [0, 0.1) is 0 Å². The number of phenols is 5. The third-order valence-corrected chi connectivity index (χ3v) is 24.8. The molecule has 8 heterocycles. The van der Waals surface area contributed by atoms with Gasteiger partial charge in [0.25, 0.3) is 0 Å². The van der Waals surface area contributed by atoms with Crippen LogP contribution in [0.1, 0.15) is 120 Å². The summed E-state index contributed by atoms with van der Waals surface area (Å²) < 4.78 is 16.1. The van der Waals surface area contributed by atoms with Crippen LogP contribution in [0.5, 0.6) is 46.0 Å². The number of likely N-dealkylation sites (N-methyl/N-ethyl adjacent to an activating group) is 4. The van der Waals surface area contributed by atoms with Crippen molar-refractivity contribution in [2.45, 2.75) is 145 Å². The number of aromatic hydroxyl groups is 5. The number of nitrogens with two attached hydrogens (primary N) is 1. The summed E-state index contributed by atoms with van der Waals surface area (Å²) in [5.74, 6) is 4.62. The lowest BCUT2D eigenvalue weighted by Gasteiger charge is -2.30. The van der Waals surface area contributed by atoms with Gasteiger partial charge in [0.15, 0.2) is 0 Å². The molecule has 736 valence electrons. The van der Waals surface area contributed by atoms with Crippen LogP contribution in [-0.4, -0.2) is 254 Å². The lowest BCUT2D eigenvalue weighted by atomic mass is 10.1. The Kier molecular flexibility index (Phi) is 44.3. The van der Waals surface area contributed by atoms with E-state index in [0.717, 1.165) is 241 Å². The van der Waals surface area contributed by atoms with Crippen LogP contribution in [0.3, 0.4) is 0 Å². The number of hydrogen-bond donors (Lipinski definition) is 15. The molecule has 137 heavy (non-hydrogen) atoms. The largest absolute Gasteiger partial charge is 0.507 e. The van der Waals surface area contributed by atoms with E-state index in [0.29, 0.717) is 53.4 Å². The first-order valence-electron chi connectivity index (χ1n) is 48.6. The average Bonchev–Trinajstić information content (AvgIpc) is 1.74. The van der Waals surface area contributed by atoms with Crippen molar-refractivity contribution in [2.75, 3.05) is 141 Å². The Balaban J connectivity index is 0.000000176. The lowest BCUT2D eigenvalue weighted by molar-refractivity contribution is 0.177. The average molecular weight is 1870 g/mol. The summed E-state index contributed by atoms with van der Waals surface area (Å²) in [6, 6.07) is 47.8. The molecule has 0 spiro atoms. The molecule has 16 N–H and O–H groups in total. The maximum atomic E-state index is 9.99. The molecule has 24 heteroatoms. The number of fused-ring (bicyclic) bond motifs is 8. The molecule has 0 saturated carbocycles. The minimum atomic E-state index is 0.341. The number of phenolic OH excluding ortho intramolecular Hbond substituents is 5. The standard InChI is InChI=1S/2C16H24N2O.C16H20N2O.C15H22N2O.C14H18N2O.C13H18N2O.C12H16N2O.C11H14N2O/c1-11(2)18(12(3)4)9-8-13-10-17-14-6-5-7-15(19)16(13)14;2*1-3-9-18(10-4-2)11-8-13-12-17-14-6-5-7-15(19)16(13)14;1-4-17(11(2)3)9-8-12-10-16-13-6-5-7-14(18)15(12)13;1-3-8-16(2)9-7-11-10-15-12-5-4-6-13(17)14(11)12;1-15(2)8-7-10-9-14-11-5-4-6-12(16-3)13(10)11;1-13-7-6-9-8-14-10-4-3-5-11(15-2)12(9)10;1-14-10-4-2-3-9-11(10)8(5-6-12)7-13-9/h5-7,10-12,17,19H,8-9H2,1-4H3;5-7,12,17,19H,3-4,8-11H2,1-2H3;3-7,12,17,19H,1-2,8-11H2;5-7,10-11,16,18H,4,8-9H2,1-3H3;3-6,10,15,17H,1,7-9H2,2H3;4-6,9,14H,7-8H2,1-3H3;3-5,8,13-14H,6-7H2,1-2H3;2-4,7,13H,5-6,12H2,1H3. The second-order valence-corrected chi connectivity index (χ2v) is 35.7. The van der Waals surface area contributed by atoms with Gasteiger partial charge in [0.1, 0.15) is 46.0 Å². The van der Waals surface area contributed by atoms with Crippen LogP contribution in [0.4, 0.5) is 0 Å². The van der Waals surface area contributed by atoms with Crippen molar-refractivity contribution in [1.29, 1.82) is 0 Å². The minimum Gasteiger partial charge on any atom is -0.507 e. The molecule has 0 radical (unpaired) electrons. The number of nitrogens with zero attached hydrogens (tertiary/aromatic N) is 6. The molecule has 24 nitrogen and oxygen atoms in total. The van der Waals surface area contributed by atoms with Gasteiger partial charge in [-0.05, 0) is 308 Å². The summed E-state index contributed by atoms with van der Waals surface area (Å²) in [5.41, 5.74) is 23.7. The molecule has 0 aliphatic rings. The van der Waals surface area contributed by atoms with E-state index >= 15 is 0 Å². The van der Waals surface area contributed by atoms with Gasteiger partial charge in [-0.2, -0.15) is 0 Å². The van der Waals surface area contributed by atoms with E-state index in [1.807, 2.05) is 166 Å². The van der Waals surface area contributed by atoms with E-state index in [9.17, 15) is 25.5 Å². The summed E-state index contributed by atoms with van der Waals surface area (Å²) in [7, 11) is 13.3. The molecule has 0 unspecified atom stereocenters. The van der Waals surface area contributed by atoms with Crippen molar-refractivity contribution >= 4 is 87.2 Å². The van der Waals surface area contributed by atoms with Crippen molar-refractivity contribution in [2.24, 2.45) is 5.73 Å². The van der Waals surface area contributed by atoms with E-state index < -0.39 is 0 Å². The summed E-state index contributed by atoms with van der Waals surface area (Å²) in [6.07, 6.45) is 31.9. The summed E-state index contributed by atoms with van der Waals surface area (Å²) in [5, 5.41) is 61.2. The zero-order chi connectivity index (χ0) is 98.9. The number of methoxy groups -OCH3 is 3. The Hall–Kier alpha value is -12.6. The number of H-pyrrole nitrogens is 8. The van der Waals surface area contributed by atoms with Crippen LogP contribution in [-0.2, 0) is 51.4 Å². The van der Waals surface area contributed by atoms with Crippen molar-refractivity contribution in [3.63, 3.8) is 0 Å². The maximum absolute atomic E-state index is 9.99. The topological polar surface area (TPSA) is 313 Å². The predicted octanol–water partition coefficient (Wildman–Crippen LogP) is 21.7. The maximum Gasteiger partial charge on any atom is 0.128 e. The SMILES string of the molecule is C=CCN(C)CCc1c[nH]c2cccc(O)c12.C=CCN(CC=C)CCc1c[nH]c2cccc(O)c12.CC(C)N(CCc1c[nH]c2cccc(O)c12)C(C)C.CCCN(CCC)CCc1c[nH]c2cccc(O)c12.CCN(CCc1c[nH]c2cccc(O)c12)C(C)C.CNCCc1c[nH]c2cccc(OC)c12.COc1cccc2[nH]cc(CCN(C)C)c12.COc1cccc2[nH]cc(CCN)c12. The zero-order valence-electron chi connectivity index (χ0n) is 84.3. The highest BCUT2D eigenvalue weighted by atomic mass is 16.5. The van der Waals surface area contributed by atoms with Crippen LogP contribution in [0.25, 0.3) is 87.2 Å². The number of nitrogens with one attached hydrogen (secondary N) is 9. The molecule has 0 atom stereocenters. The monoisotopic (exact) mass is 1870 g/mol. The second-order valence-electron chi connectivity index (χ2n) is 35.7. The molecule has 0 saturated heterocycles. The quantitative estimate of drug-likeness (QED) is 0.0159. The number of aromatic nitrogens is 8. The van der Waals surface area contributed by atoms with E-state index in [1.165, 1.54) is 57.0 Å². The number of benzene rings is 8. The molecule has 8 aromatic carbocycles. The zero-order valence-corrected chi connectivity index (χ0v) is 84.3. The van der Waals surface area contributed by atoms with Gasteiger partial charge in [0, 0.05) is 214 Å². The molecule has 0 aliphatic carbocycles. The first kappa shape index (κ1) is 108. The van der Waals surface area contributed by atoms with Crippen molar-refractivity contribution in [3.8, 4) is 46.0 Å².